The fourth-order valence-corrected chi connectivity index (χ4v) is 2.62. The first-order chi connectivity index (χ1) is 6.94. The van der Waals surface area contributed by atoms with Crippen LogP contribution in [0.2, 0.25) is 0 Å². The number of quaternary nitrogens is 1. The number of carbonyl (C=O) groups is 1. The van der Waals surface area contributed by atoms with Gasteiger partial charge in [0.15, 0.2) is 0 Å². The highest BCUT2D eigenvalue weighted by Gasteiger charge is 2.34. The molecule has 0 aromatic heterocycles. The fourth-order valence-electron chi connectivity index (χ4n) is 2.62. The van der Waals surface area contributed by atoms with Crippen LogP contribution in [0.1, 0.15) is 40.0 Å². The zero-order chi connectivity index (χ0) is 11.5. The van der Waals surface area contributed by atoms with Gasteiger partial charge in [0.2, 0.25) is 0 Å². The maximum Gasteiger partial charge on any atom is 0.303 e. The van der Waals surface area contributed by atoms with E-state index < -0.39 is 0 Å². The topological polar surface area (TPSA) is 26.3 Å². The van der Waals surface area contributed by atoms with Crippen molar-refractivity contribution in [2.45, 2.75) is 52.2 Å². The van der Waals surface area contributed by atoms with E-state index in [4.69, 9.17) is 4.74 Å². The SMILES string of the molecule is CC(=O)OC(C)C[N+]1(C)CCCCC1C. The molecule has 0 bridgehead atoms. The molecule has 1 fully saturated rings. The number of hydrogen-bond donors (Lipinski definition) is 0. The van der Waals surface area contributed by atoms with Crippen molar-refractivity contribution >= 4 is 5.97 Å². The van der Waals surface area contributed by atoms with Gasteiger partial charge in [-0.15, -0.1) is 0 Å². The molecule has 0 aliphatic carbocycles. The summed E-state index contributed by atoms with van der Waals surface area (Å²) in [4.78, 5) is 10.9. The van der Waals surface area contributed by atoms with Crippen molar-refractivity contribution in [1.82, 2.24) is 0 Å². The van der Waals surface area contributed by atoms with E-state index in [2.05, 4.69) is 14.0 Å². The molecule has 1 rings (SSSR count). The van der Waals surface area contributed by atoms with E-state index in [-0.39, 0.29) is 12.1 Å². The molecule has 3 unspecified atom stereocenters. The third-order valence-electron chi connectivity index (χ3n) is 3.65. The standard InChI is InChI=1S/C12H24NO2/c1-10-7-5-6-8-13(10,4)9-11(2)15-12(3)14/h10-11H,5-9H2,1-4H3/q+1. The summed E-state index contributed by atoms with van der Waals surface area (Å²) in [5.74, 6) is -0.168. The van der Waals surface area contributed by atoms with Crippen LogP contribution in [0.5, 0.6) is 0 Å². The molecule has 0 N–H and O–H groups in total. The summed E-state index contributed by atoms with van der Waals surface area (Å²) in [6, 6.07) is 0.691. The molecule has 0 radical (unpaired) electrons. The van der Waals surface area contributed by atoms with E-state index in [1.165, 1.54) is 32.7 Å². The first-order valence-corrected chi connectivity index (χ1v) is 5.95. The van der Waals surface area contributed by atoms with Crippen molar-refractivity contribution in [3.63, 3.8) is 0 Å². The number of esters is 1. The Morgan fingerprint density at radius 2 is 2.20 bits per heavy atom. The second kappa shape index (κ2) is 4.97. The second-order valence-electron chi connectivity index (χ2n) is 5.15. The summed E-state index contributed by atoms with van der Waals surface area (Å²) in [5.41, 5.74) is 0. The van der Waals surface area contributed by atoms with Crippen LogP contribution in [0.25, 0.3) is 0 Å². The molecule has 15 heavy (non-hydrogen) atoms. The molecule has 0 amide bonds. The predicted octanol–water partition coefficient (Wildman–Crippen LogP) is 1.96. The largest absolute Gasteiger partial charge is 0.457 e. The Morgan fingerprint density at radius 3 is 2.73 bits per heavy atom. The van der Waals surface area contributed by atoms with Crippen LogP contribution in [0.4, 0.5) is 0 Å². The maximum atomic E-state index is 10.9. The van der Waals surface area contributed by atoms with Crippen LogP contribution >= 0.6 is 0 Å². The van der Waals surface area contributed by atoms with Gasteiger partial charge in [0, 0.05) is 6.92 Å². The molecule has 88 valence electrons. The van der Waals surface area contributed by atoms with E-state index in [0.29, 0.717) is 6.04 Å². The fraction of sp³-hybridized carbons (Fsp3) is 0.917. The van der Waals surface area contributed by atoms with Gasteiger partial charge in [0.1, 0.15) is 12.6 Å². The molecular formula is C12H24NO2+. The third kappa shape index (κ3) is 3.49. The monoisotopic (exact) mass is 214 g/mol. The zero-order valence-corrected chi connectivity index (χ0v) is 10.5. The summed E-state index contributed by atoms with van der Waals surface area (Å²) in [6.07, 6.45) is 3.97. The summed E-state index contributed by atoms with van der Waals surface area (Å²) in [5, 5.41) is 0. The van der Waals surface area contributed by atoms with E-state index >= 15 is 0 Å². The summed E-state index contributed by atoms with van der Waals surface area (Å²) in [6.45, 7) is 7.94. The first kappa shape index (κ1) is 12.5. The Kier molecular flexibility index (Phi) is 4.14. The predicted molar refractivity (Wildman–Crippen MR) is 60.5 cm³/mol. The quantitative estimate of drug-likeness (QED) is 0.530. The lowest BCUT2D eigenvalue weighted by Crippen LogP contribution is -2.57. The van der Waals surface area contributed by atoms with Crippen molar-refractivity contribution in [1.29, 1.82) is 0 Å². The number of carbonyl (C=O) groups excluding carboxylic acids is 1. The molecule has 0 aromatic rings. The van der Waals surface area contributed by atoms with Gasteiger partial charge >= 0.3 is 5.97 Å². The van der Waals surface area contributed by atoms with E-state index in [9.17, 15) is 4.79 Å². The van der Waals surface area contributed by atoms with Crippen molar-refractivity contribution in [2.75, 3.05) is 20.1 Å². The number of ether oxygens (including phenoxy) is 1. The van der Waals surface area contributed by atoms with Gasteiger partial charge in [-0.3, -0.25) is 4.79 Å². The van der Waals surface area contributed by atoms with Crippen LogP contribution < -0.4 is 0 Å². The van der Waals surface area contributed by atoms with Gasteiger partial charge in [-0.05, 0) is 33.1 Å². The van der Waals surface area contributed by atoms with E-state index in [1.54, 1.807) is 0 Å². The Morgan fingerprint density at radius 1 is 1.53 bits per heavy atom. The van der Waals surface area contributed by atoms with Crippen LogP contribution in [0.15, 0.2) is 0 Å². The number of rotatable bonds is 3. The van der Waals surface area contributed by atoms with E-state index in [1.807, 2.05) is 6.92 Å². The van der Waals surface area contributed by atoms with Gasteiger partial charge in [0.25, 0.3) is 0 Å². The van der Waals surface area contributed by atoms with Gasteiger partial charge in [-0.25, -0.2) is 0 Å². The van der Waals surface area contributed by atoms with Crippen molar-refractivity contribution in [3.8, 4) is 0 Å². The van der Waals surface area contributed by atoms with Crippen LogP contribution in [-0.2, 0) is 9.53 Å². The van der Waals surface area contributed by atoms with E-state index in [0.717, 1.165) is 11.0 Å². The normalized spacial score (nSPS) is 33.5. The van der Waals surface area contributed by atoms with Gasteiger partial charge in [-0.2, -0.15) is 0 Å². The number of hydrogen-bond acceptors (Lipinski definition) is 2. The summed E-state index contributed by atoms with van der Waals surface area (Å²) in [7, 11) is 2.28. The first-order valence-electron chi connectivity index (χ1n) is 5.95. The van der Waals surface area contributed by atoms with Gasteiger partial charge < -0.3 is 9.22 Å². The molecule has 0 spiro atoms. The Hall–Kier alpha value is -0.570. The molecule has 1 aliphatic rings. The average Bonchev–Trinajstić information content (AvgIpc) is 2.08. The Balaban J connectivity index is 2.50. The second-order valence-corrected chi connectivity index (χ2v) is 5.15. The highest BCUT2D eigenvalue weighted by atomic mass is 16.5. The maximum absolute atomic E-state index is 10.9. The lowest BCUT2D eigenvalue weighted by atomic mass is 10.00. The van der Waals surface area contributed by atoms with Crippen LogP contribution in [0.3, 0.4) is 0 Å². The number of likely N-dealkylation sites (tertiary alicyclic amines) is 1. The number of likely N-dealkylation sites (N-methyl/N-ethyl adjacent to an activating group) is 1. The molecule has 0 aromatic carbocycles. The lowest BCUT2D eigenvalue weighted by Gasteiger charge is -2.44. The molecule has 0 saturated carbocycles. The third-order valence-corrected chi connectivity index (χ3v) is 3.65. The van der Waals surface area contributed by atoms with Gasteiger partial charge in [0.05, 0.1) is 19.6 Å². The van der Waals surface area contributed by atoms with Crippen molar-refractivity contribution in [3.05, 3.63) is 0 Å². The molecule has 1 aliphatic heterocycles. The molecule has 3 atom stereocenters. The minimum absolute atomic E-state index is 0.0352. The Bertz CT molecular complexity index is 230. The van der Waals surface area contributed by atoms with Gasteiger partial charge in [-0.1, -0.05) is 0 Å². The smallest absolute Gasteiger partial charge is 0.303 e. The highest BCUT2D eigenvalue weighted by molar-refractivity contribution is 5.66. The van der Waals surface area contributed by atoms with Crippen LogP contribution in [0, 0.1) is 0 Å². The number of nitrogens with zero attached hydrogens (tertiary/aromatic N) is 1. The Labute approximate surface area is 93.0 Å². The van der Waals surface area contributed by atoms with Crippen molar-refractivity contribution < 1.29 is 14.0 Å². The minimum atomic E-state index is -0.168. The molecule has 1 heterocycles. The molecular weight excluding hydrogens is 190 g/mol. The number of piperidine rings is 1. The van der Waals surface area contributed by atoms with Crippen LogP contribution in [-0.4, -0.2) is 42.7 Å². The minimum Gasteiger partial charge on any atom is -0.457 e. The summed E-state index contributed by atoms with van der Waals surface area (Å²) < 4.78 is 6.26. The highest BCUT2D eigenvalue weighted by Crippen LogP contribution is 2.24. The molecule has 1 saturated heterocycles. The average molecular weight is 214 g/mol. The van der Waals surface area contributed by atoms with Crippen molar-refractivity contribution in [2.24, 2.45) is 0 Å². The molecule has 3 heteroatoms. The lowest BCUT2D eigenvalue weighted by molar-refractivity contribution is -0.938. The summed E-state index contributed by atoms with van der Waals surface area (Å²) >= 11 is 0. The molecule has 3 nitrogen and oxygen atoms in total. The zero-order valence-electron chi connectivity index (χ0n) is 10.5.